The van der Waals surface area contributed by atoms with Crippen LogP contribution in [0.3, 0.4) is 0 Å². The van der Waals surface area contributed by atoms with Gasteiger partial charge >= 0.3 is 6.36 Å². The first-order valence-corrected chi connectivity index (χ1v) is 11.1. The van der Waals surface area contributed by atoms with Crippen molar-refractivity contribution in [3.8, 4) is 5.75 Å². The number of likely N-dealkylation sites (N-methyl/N-ethyl adjacent to an activating group) is 1. The Kier molecular flexibility index (Phi) is 6.96. The fourth-order valence-electron chi connectivity index (χ4n) is 3.97. The number of amides is 2. The summed E-state index contributed by atoms with van der Waals surface area (Å²) >= 11 is 0. The molecular formula is C22H26F3N7O3. The average molecular weight is 493 g/mol. The summed E-state index contributed by atoms with van der Waals surface area (Å²) in [4.78, 5) is 36.7. The molecule has 3 N–H and O–H groups in total. The highest BCUT2D eigenvalue weighted by molar-refractivity contribution is 5.95. The highest BCUT2D eigenvalue weighted by Gasteiger charge is 2.33. The van der Waals surface area contributed by atoms with E-state index in [2.05, 4.69) is 35.6 Å². The van der Waals surface area contributed by atoms with Gasteiger partial charge in [0.25, 0.3) is 5.91 Å². The van der Waals surface area contributed by atoms with E-state index in [-0.39, 0.29) is 42.2 Å². The molecule has 0 bridgehead atoms. The second-order valence-electron chi connectivity index (χ2n) is 8.61. The molecule has 1 aromatic carbocycles. The van der Waals surface area contributed by atoms with Gasteiger partial charge in [-0.05, 0) is 51.2 Å². The van der Waals surface area contributed by atoms with E-state index in [1.807, 2.05) is 7.05 Å². The number of carbonyl (C=O) groups excluding carboxylic acids is 2. The second-order valence-corrected chi connectivity index (χ2v) is 8.61. The Morgan fingerprint density at radius 3 is 2.69 bits per heavy atom. The normalized spacial score (nSPS) is 17.3. The van der Waals surface area contributed by atoms with E-state index in [9.17, 15) is 22.8 Å². The van der Waals surface area contributed by atoms with Gasteiger partial charge in [-0.2, -0.15) is 4.98 Å². The van der Waals surface area contributed by atoms with Gasteiger partial charge in [-0.1, -0.05) is 0 Å². The molecule has 13 heteroatoms. The Bertz CT molecular complexity index is 1100. The summed E-state index contributed by atoms with van der Waals surface area (Å²) in [6, 6.07) is 3.72. The lowest BCUT2D eigenvalue weighted by molar-refractivity contribution is -0.274. The minimum Gasteiger partial charge on any atom is -0.404 e. The fourth-order valence-corrected chi connectivity index (χ4v) is 3.97. The van der Waals surface area contributed by atoms with Crippen LogP contribution in [0.15, 0.2) is 24.4 Å². The Morgan fingerprint density at radius 1 is 1.23 bits per heavy atom. The lowest BCUT2D eigenvalue weighted by Gasteiger charge is -2.29. The standard InChI is InChI=1S/C22H26F3N7O3/c1-31-7-5-15(6-8-31)28-20(34)13-3-4-16(17(9-13)35-22(23,24)25)29-21-27-11-14-10-26-18(33)12-32(2)19(14)30-21/h3-4,9,11,15H,5-8,10,12H2,1-2H3,(H,26,33)(H,28,34)(H,27,29,30). The topological polar surface area (TPSA) is 112 Å². The van der Waals surface area contributed by atoms with Gasteiger partial charge in [0.1, 0.15) is 5.82 Å². The third kappa shape index (κ3) is 6.29. The lowest BCUT2D eigenvalue weighted by Crippen LogP contribution is -2.43. The molecule has 2 aliphatic heterocycles. The first-order chi connectivity index (χ1) is 16.6. The van der Waals surface area contributed by atoms with Gasteiger partial charge in [0.05, 0.1) is 12.2 Å². The molecule has 2 aromatic rings. The molecule has 1 aromatic heterocycles. The van der Waals surface area contributed by atoms with Crippen molar-refractivity contribution >= 4 is 29.3 Å². The summed E-state index contributed by atoms with van der Waals surface area (Å²) in [7, 11) is 3.67. The number of aromatic nitrogens is 2. The number of nitrogens with one attached hydrogen (secondary N) is 3. The summed E-state index contributed by atoms with van der Waals surface area (Å²) < 4.78 is 43.6. The van der Waals surface area contributed by atoms with Gasteiger partial charge in [0.2, 0.25) is 11.9 Å². The summed E-state index contributed by atoms with van der Waals surface area (Å²) in [6.07, 6.45) is -1.96. The van der Waals surface area contributed by atoms with Crippen molar-refractivity contribution < 1.29 is 27.5 Å². The van der Waals surface area contributed by atoms with Crippen molar-refractivity contribution in [1.82, 2.24) is 25.5 Å². The van der Waals surface area contributed by atoms with Crippen LogP contribution < -0.4 is 25.6 Å². The molecule has 0 saturated carbocycles. The third-order valence-corrected chi connectivity index (χ3v) is 5.83. The van der Waals surface area contributed by atoms with Crippen molar-refractivity contribution in [3.63, 3.8) is 0 Å². The van der Waals surface area contributed by atoms with Crippen molar-refractivity contribution in [3.05, 3.63) is 35.5 Å². The minimum atomic E-state index is -4.97. The molecule has 0 aliphatic carbocycles. The molecule has 0 atom stereocenters. The molecule has 3 heterocycles. The van der Waals surface area contributed by atoms with E-state index in [0.29, 0.717) is 11.4 Å². The van der Waals surface area contributed by atoms with E-state index >= 15 is 0 Å². The summed E-state index contributed by atoms with van der Waals surface area (Å²) in [5.41, 5.74) is 0.640. The Hall–Kier alpha value is -3.61. The largest absolute Gasteiger partial charge is 0.573 e. The summed E-state index contributed by atoms with van der Waals surface area (Å²) in [5.74, 6) is -0.765. The van der Waals surface area contributed by atoms with E-state index in [4.69, 9.17) is 0 Å². The number of piperidine rings is 1. The predicted octanol–water partition coefficient (Wildman–Crippen LogP) is 2.01. The fraction of sp³-hybridized carbons (Fsp3) is 0.455. The number of anilines is 3. The maximum absolute atomic E-state index is 13.1. The van der Waals surface area contributed by atoms with Crippen LogP contribution in [-0.4, -0.2) is 72.8 Å². The number of nitrogens with zero attached hydrogens (tertiary/aromatic N) is 4. The molecule has 0 radical (unpaired) electrons. The van der Waals surface area contributed by atoms with Crippen molar-refractivity contribution in [1.29, 1.82) is 0 Å². The number of benzene rings is 1. The zero-order chi connectivity index (χ0) is 25.2. The number of alkyl halides is 3. The number of likely N-dealkylation sites (tertiary alicyclic amines) is 1. The van der Waals surface area contributed by atoms with E-state index in [1.54, 1.807) is 11.9 Å². The Balaban J connectivity index is 1.56. The number of ether oxygens (including phenoxy) is 1. The lowest BCUT2D eigenvalue weighted by atomic mass is 10.0. The number of carbonyl (C=O) groups is 2. The van der Waals surface area contributed by atoms with Gasteiger partial charge in [-0.15, -0.1) is 13.2 Å². The highest BCUT2D eigenvalue weighted by atomic mass is 19.4. The molecule has 10 nitrogen and oxygen atoms in total. The predicted molar refractivity (Wildman–Crippen MR) is 122 cm³/mol. The molecule has 35 heavy (non-hydrogen) atoms. The zero-order valence-corrected chi connectivity index (χ0v) is 19.3. The molecule has 2 amide bonds. The molecule has 1 saturated heterocycles. The van der Waals surface area contributed by atoms with Crippen LogP contribution in [0.25, 0.3) is 0 Å². The monoisotopic (exact) mass is 493 g/mol. The smallest absolute Gasteiger partial charge is 0.404 e. The van der Waals surface area contributed by atoms with Gasteiger partial charge in [-0.25, -0.2) is 4.98 Å². The van der Waals surface area contributed by atoms with Crippen LogP contribution in [-0.2, 0) is 11.3 Å². The Morgan fingerprint density at radius 2 is 1.97 bits per heavy atom. The Labute approximate surface area is 199 Å². The van der Waals surface area contributed by atoms with Gasteiger partial charge in [-0.3, -0.25) is 9.59 Å². The maximum Gasteiger partial charge on any atom is 0.573 e. The first-order valence-electron chi connectivity index (χ1n) is 11.1. The van der Waals surface area contributed by atoms with Crippen LogP contribution in [0, 0.1) is 0 Å². The van der Waals surface area contributed by atoms with Gasteiger partial charge in [0.15, 0.2) is 5.75 Å². The number of hydrogen-bond acceptors (Lipinski definition) is 8. The molecule has 0 unspecified atom stereocenters. The van der Waals surface area contributed by atoms with Crippen LogP contribution >= 0.6 is 0 Å². The molecule has 0 spiro atoms. The molecular weight excluding hydrogens is 467 g/mol. The molecule has 4 rings (SSSR count). The van der Waals surface area contributed by atoms with Crippen LogP contribution in [0.2, 0.25) is 0 Å². The van der Waals surface area contributed by atoms with Crippen molar-refractivity contribution in [2.45, 2.75) is 31.8 Å². The summed E-state index contributed by atoms with van der Waals surface area (Å²) in [5, 5.41) is 8.33. The molecule has 188 valence electrons. The number of fused-ring (bicyclic) bond motifs is 1. The second kappa shape index (κ2) is 9.94. The molecule has 2 aliphatic rings. The van der Waals surface area contributed by atoms with E-state index < -0.39 is 18.0 Å². The quantitative estimate of drug-likeness (QED) is 0.580. The average Bonchev–Trinajstić information content (AvgIpc) is 2.93. The number of rotatable bonds is 5. The van der Waals surface area contributed by atoms with Crippen molar-refractivity contribution in [2.75, 3.05) is 43.9 Å². The van der Waals surface area contributed by atoms with Gasteiger partial charge < -0.3 is 30.5 Å². The number of halogens is 3. The van der Waals surface area contributed by atoms with Crippen LogP contribution in [0.1, 0.15) is 28.8 Å². The number of hydrogen-bond donors (Lipinski definition) is 3. The van der Waals surface area contributed by atoms with E-state index in [1.165, 1.54) is 18.3 Å². The SMILES string of the molecule is CN1CCC(NC(=O)c2ccc(Nc3ncc4c(n3)N(C)CC(=O)NC4)c(OC(F)(F)F)c2)CC1. The van der Waals surface area contributed by atoms with Gasteiger partial charge in [0, 0.05) is 37.0 Å². The minimum absolute atomic E-state index is 0.0144. The van der Waals surface area contributed by atoms with Crippen LogP contribution in [0.5, 0.6) is 5.75 Å². The highest BCUT2D eigenvalue weighted by Crippen LogP contribution is 2.33. The van der Waals surface area contributed by atoms with E-state index in [0.717, 1.165) is 32.0 Å². The first kappa shape index (κ1) is 24.5. The zero-order valence-electron chi connectivity index (χ0n) is 19.3. The maximum atomic E-state index is 13.1. The summed E-state index contributed by atoms with van der Waals surface area (Å²) in [6.45, 7) is 1.97. The molecule has 1 fully saturated rings. The van der Waals surface area contributed by atoms with Crippen LogP contribution in [0.4, 0.5) is 30.6 Å². The van der Waals surface area contributed by atoms with Crippen molar-refractivity contribution in [2.24, 2.45) is 0 Å². The third-order valence-electron chi connectivity index (χ3n) is 5.83.